The third-order valence-corrected chi connectivity index (χ3v) is 4.41. The molecule has 172 valence electrons. The summed E-state index contributed by atoms with van der Waals surface area (Å²) in [6.07, 6.45) is 1.39. The van der Waals surface area contributed by atoms with Gasteiger partial charge in [0, 0.05) is 23.5 Å². The largest absolute Gasteiger partial charge is 0.493 e. The number of methoxy groups -OCH3 is 3. The van der Waals surface area contributed by atoms with Crippen LogP contribution in [0.5, 0.6) is 17.2 Å². The molecule has 0 saturated heterocycles. The lowest BCUT2D eigenvalue weighted by Gasteiger charge is -2.14. The molecule has 0 aliphatic carbocycles. The van der Waals surface area contributed by atoms with Gasteiger partial charge in [0.15, 0.2) is 23.9 Å². The highest BCUT2D eigenvalue weighted by Gasteiger charge is 2.16. The molecule has 1 aromatic heterocycles. The van der Waals surface area contributed by atoms with Crippen LogP contribution in [0.2, 0.25) is 0 Å². The number of anilines is 2. The molecule has 2 amide bonds. The van der Waals surface area contributed by atoms with E-state index in [1.165, 1.54) is 57.9 Å². The second kappa shape index (κ2) is 10.7. The molecule has 0 fully saturated rings. The number of amides is 2. The van der Waals surface area contributed by atoms with E-state index in [9.17, 15) is 14.4 Å². The van der Waals surface area contributed by atoms with Crippen LogP contribution in [-0.2, 0) is 9.53 Å². The Morgan fingerprint density at radius 3 is 2.06 bits per heavy atom. The van der Waals surface area contributed by atoms with E-state index < -0.39 is 24.4 Å². The van der Waals surface area contributed by atoms with Crippen molar-refractivity contribution in [2.24, 2.45) is 0 Å². The van der Waals surface area contributed by atoms with Crippen LogP contribution in [0.1, 0.15) is 20.9 Å². The molecular weight excluding hydrogens is 432 g/mol. The monoisotopic (exact) mass is 454 g/mol. The molecule has 0 radical (unpaired) electrons. The van der Waals surface area contributed by atoms with Gasteiger partial charge in [0.1, 0.15) is 0 Å². The lowest BCUT2D eigenvalue weighted by molar-refractivity contribution is -0.119. The quantitative estimate of drug-likeness (QED) is 0.472. The average molecular weight is 454 g/mol. The van der Waals surface area contributed by atoms with E-state index in [1.807, 2.05) is 0 Å². The van der Waals surface area contributed by atoms with Crippen LogP contribution in [0, 0.1) is 0 Å². The molecule has 0 spiro atoms. The minimum absolute atomic E-state index is 0.164. The topological polar surface area (TPSA) is 125 Å². The zero-order chi connectivity index (χ0) is 23.8. The molecule has 1 heterocycles. The van der Waals surface area contributed by atoms with Gasteiger partial charge in [0.05, 0.1) is 33.2 Å². The van der Waals surface area contributed by atoms with E-state index in [0.29, 0.717) is 28.6 Å². The zero-order valence-corrected chi connectivity index (χ0v) is 18.2. The highest BCUT2D eigenvalue weighted by Crippen LogP contribution is 2.39. The smallest absolute Gasteiger partial charge is 0.338 e. The van der Waals surface area contributed by atoms with Gasteiger partial charge in [-0.05, 0) is 36.4 Å². The zero-order valence-electron chi connectivity index (χ0n) is 18.2. The van der Waals surface area contributed by atoms with Crippen molar-refractivity contribution < 1.29 is 37.7 Å². The summed E-state index contributed by atoms with van der Waals surface area (Å²) in [5, 5.41) is 5.24. The van der Waals surface area contributed by atoms with Gasteiger partial charge >= 0.3 is 5.97 Å². The van der Waals surface area contributed by atoms with Crippen LogP contribution < -0.4 is 24.8 Å². The van der Waals surface area contributed by atoms with Crippen LogP contribution >= 0.6 is 0 Å². The minimum atomic E-state index is -0.695. The van der Waals surface area contributed by atoms with E-state index in [-0.39, 0.29) is 11.3 Å². The SMILES string of the molecule is COc1cc(NC(=O)COC(=O)c2ccc(NC(=O)c3ccco3)cc2)cc(OC)c1OC. The molecule has 0 aliphatic heterocycles. The normalized spacial score (nSPS) is 10.2. The molecule has 0 atom stereocenters. The summed E-state index contributed by atoms with van der Waals surface area (Å²) >= 11 is 0. The van der Waals surface area contributed by atoms with Crippen LogP contribution in [0.25, 0.3) is 0 Å². The number of esters is 1. The van der Waals surface area contributed by atoms with E-state index >= 15 is 0 Å². The van der Waals surface area contributed by atoms with E-state index in [0.717, 1.165) is 0 Å². The van der Waals surface area contributed by atoms with Crippen LogP contribution in [0.4, 0.5) is 11.4 Å². The van der Waals surface area contributed by atoms with Gasteiger partial charge < -0.3 is 34.0 Å². The first-order valence-corrected chi connectivity index (χ1v) is 9.67. The molecule has 10 heteroatoms. The van der Waals surface area contributed by atoms with Crippen molar-refractivity contribution in [1.82, 2.24) is 0 Å². The van der Waals surface area contributed by atoms with Crippen molar-refractivity contribution >= 4 is 29.2 Å². The Balaban J connectivity index is 1.55. The molecule has 3 aromatic rings. The number of hydrogen-bond acceptors (Lipinski definition) is 8. The number of benzene rings is 2. The molecule has 2 N–H and O–H groups in total. The fraction of sp³-hybridized carbons (Fsp3) is 0.174. The summed E-state index contributed by atoms with van der Waals surface area (Å²) < 4.78 is 25.8. The van der Waals surface area contributed by atoms with Crippen molar-refractivity contribution in [2.75, 3.05) is 38.6 Å². The molecule has 0 bridgehead atoms. The number of carbonyl (C=O) groups excluding carboxylic acids is 3. The Kier molecular flexibility index (Phi) is 7.53. The second-order valence-electron chi connectivity index (χ2n) is 6.55. The molecular formula is C23H22N2O8. The molecule has 0 saturated carbocycles. The van der Waals surface area contributed by atoms with Gasteiger partial charge in [-0.1, -0.05) is 0 Å². The summed E-state index contributed by atoms with van der Waals surface area (Å²) in [5.74, 6) is -0.394. The highest BCUT2D eigenvalue weighted by molar-refractivity contribution is 6.02. The maximum atomic E-state index is 12.2. The third kappa shape index (κ3) is 5.82. The highest BCUT2D eigenvalue weighted by atomic mass is 16.5. The second-order valence-corrected chi connectivity index (χ2v) is 6.55. The minimum Gasteiger partial charge on any atom is -0.493 e. The van der Waals surface area contributed by atoms with E-state index in [2.05, 4.69) is 10.6 Å². The Bertz CT molecular complexity index is 1100. The number of ether oxygens (including phenoxy) is 4. The number of furan rings is 1. The molecule has 0 unspecified atom stereocenters. The van der Waals surface area contributed by atoms with Crippen LogP contribution in [-0.4, -0.2) is 45.7 Å². The first kappa shape index (κ1) is 23.2. The predicted molar refractivity (Wildman–Crippen MR) is 118 cm³/mol. The third-order valence-electron chi connectivity index (χ3n) is 4.41. The molecule has 33 heavy (non-hydrogen) atoms. The summed E-state index contributed by atoms with van der Waals surface area (Å²) in [5.41, 5.74) is 1.06. The summed E-state index contributed by atoms with van der Waals surface area (Å²) in [4.78, 5) is 36.5. The maximum absolute atomic E-state index is 12.2. The fourth-order valence-corrected chi connectivity index (χ4v) is 2.85. The van der Waals surface area contributed by atoms with Crippen molar-refractivity contribution in [3.8, 4) is 17.2 Å². The molecule has 10 nitrogen and oxygen atoms in total. The first-order chi connectivity index (χ1) is 15.9. The predicted octanol–water partition coefficient (Wildman–Crippen LogP) is 3.35. The van der Waals surface area contributed by atoms with Crippen LogP contribution in [0.15, 0.2) is 59.2 Å². The maximum Gasteiger partial charge on any atom is 0.338 e. The Hall–Kier alpha value is -4.47. The fourth-order valence-electron chi connectivity index (χ4n) is 2.85. The van der Waals surface area contributed by atoms with Gasteiger partial charge in [0.25, 0.3) is 11.8 Å². The first-order valence-electron chi connectivity index (χ1n) is 9.67. The average Bonchev–Trinajstić information content (AvgIpc) is 3.37. The Labute approximate surface area is 189 Å². The molecule has 2 aromatic carbocycles. The Morgan fingerprint density at radius 2 is 1.52 bits per heavy atom. The summed E-state index contributed by atoms with van der Waals surface area (Å²) in [6.45, 7) is -0.507. The summed E-state index contributed by atoms with van der Waals surface area (Å²) in [6, 6.07) is 12.2. The van der Waals surface area contributed by atoms with Gasteiger partial charge in [-0.2, -0.15) is 0 Å². The summed E-state index contributed by atoms with van der Waals surface area (Å²) in [7, 11) is 4.38. The van der Waals surface area contributed by atoms with Crippen molar-refractivity contribution in [1.29, 1.82) is 0 Å². The lowest BCUT2D eigenvalue weighted by atomic mass is 10.2. The van der Waals surface area contributed by atoms with Gasteiger partial charge in [-0.3, -0.25) is 9.59 Å². The van der Waals surface area contributed by atoms with Gasteiger partial charge in [-0.25, -0.2) is 4.79 Å². The van der Waals surface area contributed by atoms with Crippen LogP contribution in [0.3, 0.4) is 0 Å². The van der Waals surface area contributed by atoms with Crippen molar-refractivity contribution in [3.63, 3.8) is 0 Å². The molecule has 0 aliphatic rings. The number of hydrogen-bond donors (Lipinski definition) is 2. The lowest BCUT2D eigenvalue weighted by Crippen LogP contribution is -2.21. The molecule has 3 rings (SSSR count). The number of rotatable bonds is 9. The van der Waals surface area contributed by atoms with Gasteiger partial charge in [-0.15, -0.1) is 0 Å². The standard InChI is InChI=1S/C23H22N2O8/c1-29-18-11-16(12-19(30-2)21(18)31-3)24-20(26)13-33-23(28)14-6-8-15(9-7-14)25-22(27)17-5-4-10-32-17/h4-12H,13H2,1-3H3,(H,24,26)(H,25,27). The number of nitrogens with one attached hydrogen (secondary N) is 2. The Morgan fingerprint density at radius 1 is 0.848 bits per heavy atom. The van der Waals surface area contributed by atoms with Crippen molar-refractivity contribution in [3.05, 3.63) is 66.1 Å². The van der Waals surface area contributed by atoms with Gasteiger partial charge in [0.2, 0.25) is 5.75 Å². The van der Waals surface area contributed by atoms with Crippen molar-refractivity contribution in [2.45, 2.75) is 0 Å². The number of carbonyl (C=O) groups is 3. The van der Waals surface area contributed by atoms with E-state index in [1.54, 1.807) is 18.2 Å². The van der Waals surface area contributed by atoms with E-state index in [4.69, 9.17) is 23.4 Å².